The Kier molecular flexibility index (Phi) is 7.87. The minimum absolute atomic E-state index is 0.0496. The van der Waals surface area contributed by atoms with Gasteiger partial charge >= 0.3 is 0 Å². The van der Waals surface area contributed by atoms with E-state index in [1.165, 1.54) is 18.4 Å². The average Bonchev–Trinajstić information content (AvgIpc) is 3.79. The molecule has 0 radical (unpaired) electrons. The first kappa shape index (κ1) is 27.9. The molecule has 5 heterocycles. The lowest BCUT2D eigenvalue weighted by molar-refractivity contribution is -0.115. The largest absolute Gasteiger partial charge is 0.326 e. The van der Waals surface area contributed by atoms with E-state index in [0.717, 1.165) is 69.5 Å². The number of hydrogen-bond donors (Lipinski definition) is 2. The van der Waals surface area contributed by atoms with Gasteiger partial charge in [0.05, 0.1) is 23.2 Å². The van der Waals surface area contributed by atoms with Gasteiger partial charge in [-0.2, -0.15) is 5.10 Å². The van der Waals surface area contributed by atoms with E-state index in [-0.39, 0.29) is 5.91 Å². The molecule has 220 valence electrons. The number of fused-ring (bicyclic) bond motifs is 1. The Hall–Kier alpha value is -4.86. The SMILES string of the molecule is Cc1ccc2c(-c3ccnc(Nc4cccc(CN5CCCC5)c4)n3)c(-c3cccc(NC(=O)Cc4cccs4)c3)nn2c1. The van der Waals surface area contributed by atoms with E-state index < -0.39 is 0 Å². The number of anilines is 3. The molecule has 1 aliphatic heterocycles. The summed E-state index contributed by atoms with van der Waals surface area (Å²) in [5.41, 5.74) is 8.33. The van der Waals surface area contributed by atoms with Crippen LogP contribution in [0.4, 0.5) is 17.3 Å². The first-order chi connectivity index (χ1) is 21.6. The topological polar surface area (TPSA) is 87.5 Å². The van der Waals surface area contributed by atoms with Gasteiger partial charge in [0.15, 0.2) is 0 Å². The molecular weight excluding hydrogens is 567 g/mol. The summed E-state index contributed by atoms with van der Waals surface area (Å²) >= 11 is 1.58. The minimum Gasteiger partial charge on any atom is -0.326 e. The molecular formula is C35H33N7OS. The second-order valence-corrected chi connectivity index (χ2v) is 12.3. The Bertz CT molecular complexity index is 1930. The molecule has 0 aliphatic carbocycles. The average molecular weight is 600 g/mol. The maximum Gasteiger partial charge on any atom is 0.229 e. The van der Waals surface area contributed by atoms with Gasteiger partial charge in [0.1, 0.15) is 5.69 Å². The number of carbonyl (C=O) groups is 1. The Labute approximate surface area is 260 Å². The summed E-state index contributed by atoms with van der Waals surface area (Å²) in [6.45, 7) is 5.33. The first-order valence-electron chi connectivity index (χ1n) is 14.9. The lowest BCUT2D eigenvalue weighted by atomic mass is 10.0. The van der Waals surface area contributed by atoms with E-state index in [1.807, 2.05) is 64.6 Å². The highest BCUT2D eigenvalue weighted by molar-refractivity contribution is 7.10. The lowest BCUT2D eigenvalue weighted by Gasteiger charge is -2.15. The van der Waals surface area contributed by atoms with Crippen LogP contribution in [0, 0.1) is 6.92 Å². The molecule has 2 N–H and O–H groups in total. The van der Waals surface area contributed by atoms with E-state index in [4.69, 9.17) is 10.1 Å². The molecule has 2 aromatic carbocycles. The van der Waals surface area contributed by atoms with Gasteiger partial charge in [-0.3, -0.25) is 9.69 Å². The highest BCUT2D eigenvalue weighted by Crippen LogP contribution is 2.36. The maximum atomic E-state index is 12.7. The fraction of sp³-hybridized carbons (Fsp3) is 0.200. The Morgan fingerprint density at radius 1 is 0.955 bits per heavy atom. The highest BCUT2D eigenvalue weighted by Gasteiger charge is 2.19. The van der Waals surface area contributed by atoms with E-state index in [9.17, 15) is 4.79 Å². The molecule has 44 heavy (non-hydrogen) atoms. The van der Waals surface area contributed by atoms with E-state index in [0.29, 0.717) is 12.4 Å². The van der Waals surface area contributed by atoms with Crippen molar-refractivity contribution in [2.24, 2.45) is 0 Å². The zero-order valence-corrected chi connectivity index (χ0v) is 25.3. The number of aryl methyl sites for hydroxylation is 1. The van der Waals surface area contributed by atoms with Crippen LogP contribution in [0.5, 0.6) is 0 Å². The minimum atomic E-state index is -0.0496. The Morgan fingerprint density at radius 2 is 1.82 bits per heavy atom. The summed E-state index contributed by atoms with van der Waals surface area (Å²) in [5.74, 6) is 0.472. The molecule has 0 unspecified atom stereocenters. The number of amides is 1. The molecule has 7 rings (SSSR count). The van der Waals surface area contributed by atoms with Crippen molar-refractivity contribution < 1.29 is 4.79 Å². The lowest BCUT2D eigenvalue weighted by Crippen LogP contribution is -2.18. The number of nitrogens with zero attached hydrogens (tertiary/aromatic N) is 5. The molecule has 0 bridgehead atoms. The van der Waals surface area contributed by atoms with Crippen molar-refractivity contribution in [2.45, 2.75) is 32.7 Å². The molecule has 1 saturated heterocycles. The Morgan fingerprint density at radius 3 is 2.68 bits per heavy atom. The van der Waals surface area contributed by atoms with Gasteiger partial charge in [0, 0.05) is 40.8 Å². The quantitative estimate of drug-likeness (QED) is 0.181. The highest BCUT2D eigenvalue weighted by atomic mass is 32.1. The third-order valence-electron chi connectivity index (χ3n) is 7.81. The number of likely N-dealkylation sites (tertiary alicyclic amines) is 1. The van der Waals surface area contributed by atoms with Crippen LogP contribution in [0.3, 0.4) is 0 Å². The third kappa shape index (κ3) is 6.24. The van der Waals surface area contributed by atoms with Crippen LogP contribution in [-0.2, 0) is 17.8 Å². The van der Waals surface area contributed by atoms with Crippen molar-refractivity contribution in [3.8, 4) is 22.5 Å². The molecule has 1 fully saturated rings. The predicted octanol–water partition coefficient (Wildman–Crippen LogP) is 7.35. The van der Waals surface area contributed by atoms with Gasteiger partial charge in [0.2, 0.25) is 11.9 Å². The van der Waals surface area contributed by atoms with Gasteiger partial charge in [-0.05, 0) is 91.8 Å². The van der Waals surface area contributed by atoms with Crippen LogP contribution in [0.25, 0.3) is 28.0 Å². The molecule has 6 aromatic rings. The molecule has 4 aromatic heterocycles. The smallest absolute Gasteiger partial charge is 0.229 e. The zero-order valence-electron chi connectivity index (χ0n) is 24.5. The Balaban J connectivity index is 1.20. The van der Waals surface area contributed by atoms with Crippen molar-refractivity contribution in [1.29, 1.82) is 0 Å². The predicted molar refractivity (Wildman–Crippen MR) is 177 cm³/mol. The van der Waals surface area contributed by atoms with Gasteiger partial charge in [-0.25, -0.2) is 14.5 Å². The molecule has 1 aliphatic rings. The molecule has 1 amide bonds. The van der Waals surface area contributed by atoms with Crippen LogP contribution in [-0.4, -0.2) is 43.5 Å². The summed E-state index contributed by atoms with van der Waals surface area (Å²) in [6, 6.07) is 26.3. The number of thiophene rings is 1. The summed E-state index contributed by atoms with van der Waals surface area (Å²) in [4.78, 5) is 25.8. The summed E-state index contributed by atoms with van der Waals surface area (Å²) in [6.07, 6.45) is 6.69. The summed E-state index contributed by atoms with van der Waals surface area (Å²) in [5, 5.41) is 13.5. The van der Waals surface area contributed by atoms with Gasteiger partial charge < -0.3 is 10.6 Å². The van der Waals surface area contributed by atoms with Crippen LogP contribution in [0.1, 0.15) is 28.8 Å². The number of carbonyl (C=O) groups excluding carboxylic acids is 1. The van der Waals surface area contributed by atoms with Gasteiger partial charge in [-0.1, -0.05) is 36.4 Å². The second kappa shape index (κ2) is 12.4. The zero-order chi connectivity index (χ0) is 29.9. The molecule has 0 atom stereocenters. The number of hydrogen-bond acceptors (Lipinski definition) is 7. The number of pyridine rings is 1. The molecule has 0 spiro atoms. The van der Waals surface area contributed by atoms with Crippen LogP contribution >= 0.6 is 11.3 Å². The number of benzene rings is 2. The van der Waals surface area contributed by atoms with Crippen LogP contribution < -0.4 is 10.6 Å². The third-order valence-corrected chi connectivity index (χ3v) is 8.69. The van der Waals surface area contributed by atoms with Crippen molar-refractivity contribution in [1.82, 2.24) is 24.5 Å². The second-order valence-electron chi connectivity index (χ2n) is 11.2. The number of aromatic nitrogens is 4. The molecule has 0 saturated carbocycles. The van der Waals surface area contributed by atoms with Crippen molar-refractivity contribution in [2.75, 3.05) is 23.7 Å². The van der Waals surface area contributed by atoms with Crippen LogP contribution in [0.15, 0.2) is 96.6 Å². The van der Waals surface area contributed by atoms with E-state index in [2.05, 4.69) is 57.8 Å². The molecule has 9 heteroatoms. The fourth-order valence-electron chi connectivity index (χ4n) is 5.76. The standard InChI is InChI=1S/C35H33N7OS/c1-24-12-13-31-33(30-14-15-36-35(39-30)38-27-9-4-7-25(19-27)23-41-16-2-3-17-41)34(40-42(31)22-24)26-8-5-10-28(20-26)37-32(43)21-29-11-6-18-44-29/h4-15,18-20,22H,2-3,16-17,21,23H2,1H3,(H,37,43)(H,36,38,39). The summed E-state index contributed by atoms with van der Waals surface area (Å²) in [7, 11) is 0. The van der Waals surface area contributed by atoms with Gasteiger partial charge in [0.25, 0.3) is 0 Å². The van der Waals surface area contributed by atoms with Crippen LogP contribution in [0.2, 0.25) is 0 Å². The summed E-state index contributed by atoms with van der Waals surface area (Å²) < 4.78 is 1.90. The molecule has 8 nitrogen and oxygen atoms in total. The fourth-order valence-corrected chi connectivity index (χ4v) is 6.46. The maximum absolute atomic E-state index is 12.7. The van der Waals surface area contributed by atoms with E-state index in [1.54, 1.807) is 17.5 Å². The number of rotatable bonds is 9. The number of nitrogens with one attached hydrogen (secondary N) is 2. The monoisotopic (exact) mass is 599 g/mol. The van der Waals surface area contributed by atoms with Crippen molar-refractivity contribution >= 4 is 40.1 Å². The van der Waals surface area contributed by atoms with Crippen molar-refractivity contribution in [3.05, 3.63) is 113 Å². The van der Waals surface area contributed by atoms with E-state index >= 15 is 0 Å². The van der Waals surface area contributed by atoms with Gasteiger partial charge in [-0.15, -0.1) is 11.3 Å². The van der Waals surface area contributed by atoms with Crippen molar-refractivity contribution in [3.63, 3.8) is 0 Å². The normalized spacial score (nSPS) is 13.4. The first-order valence-corrected chi connectivity index (χ1v) is 15.8.